The largest absolute Gasteiger partial charge is 0.367 e. The van der Waals surface area contributed by atoms with Gasteiger partial charge in [-0.3, -0.25) is 0 Å². The van der Waals surface area contributed by atoms with Gasteiger partial charge in [0.05, 0.1) is 12.2 Å². The topological polar surface area (TPSA) is 21.3 Å². The van der Waals surface area contributed by atoms with Crippen LogP contribution in [-0.2, 0) is 4.74 Å². The summed E-state index contributed by atoms with van der Waals surface area (Å²) in [5, 5.41) is 3.48. The average molecular weight is 233 g/mol. The van der Waals surface area contributed by atoms with E-state index in [9.17, 15) is 0 Å². The molecule has 0 spiro atoms. The molecule has 17 heavy (non-hydrogen) atoms. The van der Waals surface area contributed by atoms with Crippen molar-refractivity contribution in [3.63, 3.8) is 0 Å². The van der Waals surface area contributed by atoms with Crippen molar-refractivity contribution < 1.29 is 4.74 Å². The summed E-state index contributed by atoms with van der Waals surface area (Å²) in [5.41, 5.74) is 3.94. The van der Waals surface area contributed by atoms with E-state index in [4.69, 9.17) is 4.74 Å². The summed E-state index contributed by atoms with van der Waals surface area (Å²) in [4.78, 5) is 0. The Morgan fingerprint density at radius 1 is 1.12 bits per heavy atom. The molecule has 0 bridgehead atoms. The fourth-order valence-corrected chi connectivity index (χ4v) is 2.45. The van der Waals surface area contributed by atoms with Crippen molar-refractivity contribution >= 4 is 0 Å². The van der Waals surface area contributed by atoms with Gasteiger partial charge in [-0.25, -0.2) is 0 Å². The molecule has 2 heteroatoms. The van der Waals surface area contributed by atoms with Crippen LogP contribution in [0.2, 0.25) is 0 Å². The molecule has 94 valence electrons. The Morgan fingerprint density at radius 2 is 1.76 bits per heavy atom. The van der Waals surface area contributed by atoms with Gasteiger partial charge in [0.2, 0.25) is 0 Å². The van der Waals surface area contributed by atoms with E-state index in [0.717, 1.165) is 13.1 Å². The van der Waals surface area contributed by atoms with Crippen molar-refractivity contribution in [1.29, 1.82) is 0 Å². The maximum absolute atomic E-state index is 6.18. The van der Waals surface area contributed by atoms with Crippen LogP contribution in [0.1, 0.15) is 36.6 Å². The summed E-state index contributed by atoms with van der Waals surface area (Å²) in [5.74, 6) is 0.566. The van der Waals surface area contributed by atoms with Crippen LogP contribution in [-0.4, -0.2) is 19.2 Å². The highest BCUT2D eigenvalue weighted by atomic mass is 16.5. The number of hydrogen-bond donors (Lipinski definition) is 1. The molecule has 0 aliphatic carbocycles. The summed E-state index contributed by atoms with van der Waals surface area (Å²) >= 11 is 0. The molecular weight excluding hydrogens is 210 g/mol. The van der Waals surface area contributed by atoms with Crippen LogP contribution in [0.5, 0.6) is 0 Å². The molecule has 1 aliphatic rings. The molecule has 1 aromatic carbocycles. The zero-order chi connectivity index (χ0) is 12.4. The minimum absolute atomic E-state index is 0.203. The minimum atomic E-state index is 0.203. The Morgan fingerprint density at radius 3 is 2.35 bits per heavy atom. The lowest BCUT2D eigenvalue weighted by Gasteiger charge is -2.33. The van der Waals surface area contributed by atoms with E-state index in [1.165, 1.54) is 16.7 Å². The monoisotopic (exact) mass is 233 g/mol. The van der Waals surface area contributed by atoms with E-state index in [0.29, 0.717) is 12.0 Å². The van der Waals surface area contributed by atoms with Crippen molar-refractivity contribution in [2.45, 2.75) is 39.9 Å². The Bertz CT molecular complexity index is 366. The zero-order valence-corrected chi connectivity index (χ0v) is 11.3. The number of rotatable bonds is 2. The SMILES string of the molecule is Cc1cc(C)cc(C2CNCC(C(C)C)O2)c1. The first-order valence-corrected chi connectivity index (χ1v) is 6.50. The van der Waals surface area contributed by atoms with Crippen molar-refractivity contribution in [1.82, 2.24) is 5.32 Å². The predicted octanol–water partition coefficient (Wildman–Crippen LogP) is 2.99. The van der Waals surface area contributed by atoms with Gasteiger partial charge in [-0.05, 0) is 25.3 Å². The molecule has 1 N–H and O–H groups in total. The number of aryl methyl sites for hydroxylation is 2. The lowest BCUT2D eigenvalue weighted by Crippen LogP contribution is -2.43. The molecule has 0 amide bonds. The Kier molecular flexibility index (Phi) is 3.85. The Hall–Kier alpha value is -0.860. The maximum atomic E-state index is 6.18. The molecule has 2 nitrogen and oxygen atoms in total. The van der Waals surface area contributed by atoms with Crippen molar-refractivity contribution in [3.8, 4) is 0 Å². The smallest absolute Gasteiger partial charge is 0.0953 e. The molecule has 2 rings (SSSR count). The van der Waals surface area contributed by atoms with Crippen molar-refractivity contribution in [2.75, 3.05) is 13.1 Å². The van der Waals surface area contributed by atoms with Crippen molar-refractivity contribution in [2.24, 2.45) is 5.92 Å². The highest BCUT2D eigenvalue weighted by molar-refractivity contribution is 5.30. The molecule has 1 fully saturated rings. The van der Waals surface area contributed by atoms with E-state index in [2.05, 4.69) is 51.2 Å². The summed E-state index contributed by atoms with van der Waals surface area (Å²) < 4.78 is 6.18. The molecule has 1 aromatic rings. The Balaban J connectivity index is 2.16. The van der Waals surface area contributed by atoms with Crippen LogP contribution < -0.4 is 5.32 Å². The van der Waals surface area contributed by atoms with Crippen LogP contribution in [0, 0.1) is 19.8 Å². The van der Waals surface area contributed by atoms with Gasteiger partial charge in [0.25, 0.3) is 0 Å². The standard InChI is InChI=1S/C15H23NO/c1-10(2)14-8-16-9-15(17-14)13-6-11(3)5-12(4)7-13/h5-7,10,14-16H,8-9H2,1-4H3. The highest BCUT2D eigenvalue weighted by Crippen LogP contribution is 2.25. The summed E-state index contributed by atoms with van der Waals surface area (Å²) in [6, 6.07) is 6.68. The second-order valence-electron chi connectivity index (χ2n) is 5.49. The normalized spacial score (nSPS) is 25.2. The quantitative estimate of drug-likeness (QED) is 0.848. The van der Waals surface area contributed by atoms with Gasteiger partial charge in [-0.1, -0.05) is 43.2 Å². The van der Waals surface area contributed by atoms with E-state index >= 15 is 0 Å². The van der Waals surface area contributed by atoms with E-state index in [-0.39, 0.29) is 6.10 Å². The van der Waals surface area contributed by atoms with Gasteiger partial charge in [0, 0.05) is 13.1 Å². The average Bonchev–Trinajstić information content (AvgIpc) is 2.28. The van der Waals surface area contributed by atoms with Crippen LogP contribution >= 0.6 is 0 Å². The molecule has 2 atom stereocenters. The molecule has 1 aliphatic heterocycles. The third-order valence-corrected chi connectivity index (χ3v) is 3.37. The van der Waals surface area contributed by atoms with Gasteiger partial charge in [0.1, 0.15) is 0 Å². The van der Waals surface area contributed by atoms with Gasteiger partial charge < -0.3 is 10.1 Å². The fourth-order valence-electron chi connectivity index (χ4n) is 2.45. The highest BCUT2D eigenvalue weighted by Gasteiger charge is 2.25. The van der Waals surface area contributed by atoms with Gasteiger partial charge in [-0.15, -0.1) is 0 Å². The van der Waals surface area contributed by atoms with Crippen LogP contribution in [0.25, 0.3) is 0 Å². The first-order chi connectivity index (χ1) is 8.06. The third-order valence-electron chi connectivity index (χ3n) is 3.37. The molecule has 0 radical (unpaired) electrons. The second-order valence-corrected chi connectivity index (χ2v) is 5.49. The van der Waals surface area contributed by atoms with E-state index < -0.39 is 0 Å². The number of ether oxygens (including phenoxy) is 1. The zero-order valence-electron chi connectivity index (χ0n) is 11.3. The lowest BCUT2D eigenvalue weighted by atomic mass is 10.00. The van der Waals surface area contributed by atoms with Crippen LogP contribution in [0.4, 0.5) is 0 Å². The lowest BCUT2D eigenvalue weighted by molar-refractivity contribution is -0.0603. The summed E-state index contributed by atoms with van der Waals surface area (Å²) in [6.45, 7) is 10.6. The first kappa shape index (κ1) is 12.6. The Labute approximate surface area is 104 Å². The van der Waals surface area contributed by atoms with Gasteiger partial charge in [-0.2, -0.15) is 0 Å². The molecule has 0 aromatic heterocycles. The molecular formula is C15H23NO. The summed E-state index contributed by atoms with van der Waals surface area (Å²) in [7, 11) is 0. The van der Waals surface area contributed by atoms with Gasteiger partial charge >= 0.3 is 0 Å². The molecule has 2 unspecified atom stereocenters. The number of hydrogen-bond acceptors (Lipinski definition) is 2. The van der Waals surface area contributed by atoms with Crippen LogP contribution in [0.3, 0.4) is 0 Å². The first-order valence-electron chi connectivity index (χ1n) is 6.50. The molecule has 0 saturated carbocycles. The molecule has 1 heterocycles. The minimum Gasteiger partial charge on any atom is -0.367 e. The van der Waals surface area contributed by atoms with Crippen LogP contribution in [0.15, 0.2) is 18.2 Å². The van der Waals surface area contributed by atoms with E-state index in [1.54, 1.807) is 0 Å². The number of benzene rings is 1. The predicted molar refractivity (Wildman–Crippen MR) is 71.2 cm³/mol. The number of nitrogens with one attached hydrogen (secondary N) is 1. The molecule has 1 saturated heterocycles. The summed E-state index contributed by atoms with van der Waals surface area (Å²) in [6.07, 6.45) is 0.532. The fraction of sp³-hybridized carbons (Fsp3) is 0.600. The number of morpholine rings is 1. The maximum Gasteiger partial charge on any atom is 0.0953 e. The van der Waals surface area contributed by atoms with E-state index in [1.807, 2.05) is 0 Å². The third kappa shape index (κ3) is 3.08. The van der Waals surface area contributed by atoms with Gasteiger partial charge in [0.15, 0.2) is 0 Å². The second kappa shape index (κ2) is 5.19. The van der Waals surface area contributed by atoms with Crippen molar-refractivity contribution in [3.05, 3.63) is 34.9 Å².